The molecule has 2 aromatic heterocycles. The first-order valence-corrected chi connectivity index (χ1v) is 9.86. The van der Waals surface area contributed by atoms with E-state index in [0.717, 1.165) is 10.7 Å². The number of phenolic OH excluding ortho intramolecular Hbond substituents is 1. The number of carbonyl (C=O) groups excluding carboxylic acids is 1. The van der Waals surface area contributed by atoms with Crippen molar-refractivity contribution in [1.29, 1.82) is 0 Å². The maximum Gasteiger partial charge on any atom is 0.262 e. The van der Waals surface area contributed by atoms with Crippen LogP contribution < -0.4 is 5.48 Å². The highest BCUT2D eigenvalue weighted by Gasteiger charge is 2.36. The lowest BCUT2D eigenvalue weighted by atomic mass is 10.1. The number of nitrogens with one attached hydrogen (secondary N) is 1. The number of amides is 1. The number of phenols is 1. The summed E-state index contributed by atoms with van der Waals surface area (Å²) in [7, 11) is -4.21. The first-order chi connectivity index (χ1) is 13.9. The molecule has 0 aliphatic heterocycles. The summed E-state index contributed by atoms with van der Waals surface area (Å²) < 4.78 is 32.6. The van der Waals surface area contributed by atoms with Gasteiger partial charge in [0.15, 0.2) is 6.39 Å². The van der Waals surface area contributed by atoms with Crippen molar-refractivity contribution >= 4 is 15.9 Å². The molecular formula is C18H18N4O6S. The molecule has 3 N–H and O–H groups in total. The number of sulfonamides is 1. The summed E-state index contributed by atoms with van der Waals surface area (Å²) in [6.07, 6.45) is 5.32. The lowest BCUT2D eigenvalue weighted by Gasteiger charge is -2.29. The molecule has 0 bridgehead atoms. The summed E-state index contributed by atoms with van der Waals surface area (Å²) >= 11 is 0. The van der Waals surface area contributed by atoms with Crippen LogP contribution in [0.1, 0.15) is 11.3 Å². The van der Waals surface area contributed by atoms with Crippen molar-refractivity contribution in [2.75, 3.05) is 0 Å². The van der Waals surface area contributed by atoms with Crippen LogP contribution in [0.2, 0.25) is 0 Å². The van der Waals surface area contributed by atoms with Crippen LogP contribution in [-0.2, 0) is 27.8 Å². The molecule has 3 rings (SSSR count). The van der Waals surface area contributed by atoms with E-state index >= 15 is 0 Å². The predicted octanol–water partition coefficient (Wildman–Crippen LogP) is 1.08. The minimum Gasteiger partial charge on any atom is -0.508 e. The Morgan fingerprint density at radius 3 is 2.59 bits per heavy atom. The monoisotopic (exact) mass is 418 g/mol. The number of aromatic nitrogens is 2. The molecule has 3 aromatic rings. The lowest BCUT2D eigenvalue weighted by Crippen LogP contribution is -2.49. The maximum absolute atomic E-state index is 13.4. The number of carbonyl (C=O) groups is 1. The van der Waals surface area contributed by atoms with Crippen molar-refractivity contribution in [3.8, 4) is 5.75 Å². The molecular weight excluding hydrogens is 400 g/mol. The zero-order chi connectivity index (χ0) is 20.9. The van der Waals surface area contributed by atoms with E-state index in [1.165, 1.54) is 48.4 Å². The van der Waals surface area contributed by atoms with Crippen molar-refractivity contribution in [3.05, 3.63) is 72.7 Å². The molecule has 0 radical (unpaired) electrons. The van der Waals surface area contributed by atoms with Gasteiger partial charge in [0.1, 0.15) is 18.1 Å². The van der Waals surface area contributed by atoms with Gasteiger partial charge in [-0.2, -0.15) is 4.31 Å². The highest BCUT2D eigenvalue weighted by Crippen LogP contribution is 2.24. The summed E-state index contributed by atoms with van der Waals surface area (Å²) in [5, 5.41) is 18.7. The van der Waals surface area contributed by atoms with Crippen LogP contribution in [0, 0.1) is 0 Å². The summed E-state index contributed by atoms with van der Waals surface area (Å²) in [5.74, 6) is -1.03. The van der Waals surface area contributed by atoms with E-state index in [1.54, 1.807) is 12.1 Å². The van der Waals surface area contributed by atoms with E-state index in [9.17, 15) is 23.5 Å². The third-order valence-corrected chi connectivity index (χ3v) is 6.02. The summed E-state index contributed by atoms with van der Waals surface area (Å²) in [5.41, 5.74) is 2.38. The van der Waals surface area contributed by atoms with Gasteiger partial charge >= 0.3 is 0 Å². The van der Waals surface area contributed by atoms with Crippen molar-refractivity contribution in [1.82, 2.24) is 19.8 Å². The predicted molar refractivity (Wildman–Crippen MR) is 99.0 cm³/mol. The number of hydrogen-bond donors (Lipinski definition) is 3. The van der Waals surface area contributed by atoms with E-state index in [1.807, 2.05) is 0 Å². The molecule has 0 spiro atoms. The number of oxazole rings is 1. The Labute approximate surface area is 166 Å². The Balaban J connectivity index is 2.06. The minimum absolute atomic E-state index is 0.102. The fourth-order valence-corrected chi connectivity index (χ4v) is 4.30. The largest absolute Gasteiger partial charge is 0.508 e. The van der Waals surface area contributed by atoms with Crippen LogP contribution in [0.3, 0.4) is 0 Å². The van der Waals surface area contributed by atoms with Gasteiger partial charge in [-0.3, -0.25) is 15.0 Å². The summed E-state index contributed by atoms with van der Waals surface area (Å²) in [6, 6.07) is 6.89. The van der Waals surface area contributed by atoms with E-state index < -0.39 is 22.0 Å². The number of hydrogen-bond acceptors (Lipinski definition) is 8. The highest BCUT2D eigenvalue weighted by atomic mass is 32.2. The minimum atomic E-state index is -4.21. The van der Waals surface area contributed by atoms with Gasteiger partial charge in [-0.15, -0.1) is 0 Å². The second kappa shape index (κ2) is 8.82. The van der Waals surface area contributed by atoms with Gasteiger partial charge in [0.2, 0.25) is 10.0 Å². The molecule has 29 heavy (non-hydrogen) atoms. The first-order valence-electron chi connectivity index (χ1n) is 8.42. The fraction of sp³-hybridized carbons (Fsp3) is 0.167. The standard InChI is InChI=1S/C18H18N4O6S/c23-15-3-5-16(6-4-15)29(26,27)22(10-13-2-1-7-19-9-13)17(18(24)21-25)8-14-11-28-12-20-14/h1-7,9,11-12,17,23,25H,8,10H2,(H,21,24)/t17-/m1/s1. The molecule has 1 aromatic carbocycles. The number of hydroxylamine groups is 1. The van der Waals surface area contributed by atoms with E-state index in [-0.39, 0.29) is 23.6 Å². The van der Waals surface area contributed by atoms with E-state index in [0.29, 0.717) is 11.3 Å². The number of pyridine rings is 1. The molecule has 11 heteroatoms. The Morgan fingerprint density at radius 2 is 2.00 bits per heavy atom. The molecule has 0 saturated heterocycles. The Kier molecular flexibility index (Phi) is 6.22. The van der Waals surface area contributed by atoms with Crippen LogP contribution in [-0.4, -0.2) is 45.0 Å². The van der Waals surface area contributed by atoms with Crippen LogP contribution in [0.4, 0.5) is 0 Å². The molecule has 1 amide bonds. The SMILES string of the molecule is O=C(NO)[C@@H](Cc1cocn1)N(Cc1cccnc1)S(=O)(=O)c1ccc(O)cc1. The Hall–Kier alpha value is -3.28. The molecule has 0 unspecified atom stereocenters. The van der Waals surface area contributed by atoms with Crippen molar-refractivity contribution in [2.45, 2.75) is 23.9 Å². The van der Waals surface area contributed by atoms with Crippen LogP contribution in [0.5, 0.6) is 5.75 Å². The Morgan fingerprint density at radius 1 is 1.24 bits per heavy atom. The number of rotatable bonds is 8. The average molecular weight is 418 g/mol. The molecule has 0 aliphatic rings. The van der Waals surface area contributed by atoms with Gasteiger partial charge in [0.05, 0.1) is 10.6 Å². The van der Waals surface area contributed by atoms with Gasteiger partial charge in [-0.25, -0.2) is 18.9 Å². The van der Waals surface area contributed by atoms with Crippen molar-refractivity contribution < 1.29 is 27.9 Å². The van der Waals surface area contributed by atoms with Gasteiger partial charge in [0.25, 0.3) is 5.91 Å². The summed E-state index contributed by atoms with van der Waals surface area (Å²) in [4.78, 5) is 20.2. The fourth-order valence-electron chi connectivity index (χ4n) is 2.72. The lowest BCUT2D eigenvalue weighted by molar-refractivity contribution is -0.133. The van der Waals surface area contributed by atoms with Gasteiger partial charge in [0, 0.05) is 25.4 Å². The maximum atomic E-state index is 13.4. The molecule has 152 valence electrons. The molecule has 0 saturated carbocycles. The van der Waals surface area contributed by atoms with Gasteiger partial charge in [-0.1, -0.05) is 6.07 Å². The van der Waals surface area contributed by atoms with Gasteiger partial charge < -0.3 is 9.52 Å². The zero-order valence-corrected chi connectivity index (χ0v) is 15.9. The van der Waals surface area contributed by atoms with Gasteiger partial charge in [-0.05, 0) is 35.9 Å². The molecule has 1 atom stereocenters. The van der Waals surface area contributed by atoms with Crippen LogP contribution >= 0.6 is 0 Å². The van der Waals surface area contributed by atoms with Crippen molar-refractivity contribution in [3.63, 3.8) is 0 Å². The third-order valence-electron chi connectivity index (χ3n) is 4.15. The number of aromatic hydroxyl groups is 1. The molecule has 10 nitrogen and oxygen atoms in total. The topological polar surface area (TPSA) is 146 Å². The molecule has 0 fully saturated rings. The van der Waals surface area contributed by atoms with E-state index in [4.69, 9.17) is 4.42 Å². The molecule has 0 aliphatic carbocycles. The van der Waals surface area contributed by atoms with Crippen LogP contribution in [0.15, 0.2) is 70.8 Å². The smallest absolute Gasteiger partial charge is 0.262 e. The quantitative estimate of drug-likeness (QED) is 0.364. The summed E-state index contributed by atoms with van der Waals surface area (Å²) in [6.45, 7) is -0.188. The van der Waals surface area contributed by atoms with Crippen LogP contribution in [0.25, 0.3) is 0 Å². The first kappa shape index (κ1) is 20.5. The second-order valence-corrected chi connectivity index (χ2v) is 7.97. The number of nitrogens with zero attached hydrogens (tertiary/aromatic N) is 3. The second-order valence-electron chi connectivity index (χ2n) is 6.08. The van der Waals surface area contributed by atoms with E-state index in [2.05, 4.69) is 9.97 Å². The average Bonchev–Trinajstić information content (AvgIpc) is 3.24. The van der Waals surface area contributed by atoms with Crippen molar-refractivity contribution in [2.24, 2.45) is 0 Å². The zero-order valence-electron chi connectivity index (χ0n) is 15.0. The normalized spacial score (nSPS) is 12.6. The number of benzene rings is 1. The Bertz CT molecular complexity index is 1040. The third kappa shape index (κ3) is 4.77. The molecule has 2 heterocycles. The highest BCUT2D eigenvalue weighted by molar-refractivity contribution is 7.89.